The zero-order chi connectivity index (χ0) is 24.4. The number of nitrogens with zero attached hydrogens (tertiary/aromatic N) is 5. The van der Waals surface area contributed by atoms with E-state index in [0.29, 0.717) is 31.1 Å². The molecule has 1 unspecified atom stereocenters. The molecule has 8 nitrogen and oxygen atoms in total. The van der Waals surface area contributed by atoms with Gasteiger partial charge in [0.05, 0.1) is 31.6 Å². The molecule has 1 aromatic carbocycles. The first kappa shape index (κ1) is 23.9. The molecule has 3 aromatic heterocycles. The van der Waals surface area contributed by atoms with E-state index in [9.17, 15) is 5.11 Å². The number of benzene rings is 1. The van der Waals surface area contributed by atoms with Crippen LogP contribution >= 0.6 is 15.9 Å². The van der Waals surface area contributed by atoms with E-state index in [1.54, 1.807) is 6.20 Å². The molecule has 1 aliphatic rings. The third kappa shape index (κ3) is 4.97. The van der Waals surface area contributed by atoms with Gasteiger partial charge in [-0.15, -0.1) is 0 Å². The second-order valence-corrected chi connectivity index (χ2v) is 9.78. The molecule has 1 saturated heterocycles. The van der Waals surface area contributed by atoms with Crippen LogP contribution in [-0.2, 0) is 23.6 Å². The fraction of sp³-hybridized carbons (Fsp3) is 0.320. The van der Waals surface area contributed by atoms with Crippen molar-refractivity contribution in [2.45, 2.75) is 25.3 Å². The van der Waals surface area contributed by atoms with Crippen molar-refractivity contribution in [2.75, 3.05) is 31.3 Å². The summed E-state index contributed by atoms with van der Waals surface area (Å²) < 4.78 is 10.6. The number of rotatable bonds is 7. The van der Waals surface area contributed by atoms with Crippen LogP contribution < -0.4 is 4.90 Å². The Morgan fingerprint density at radius 2 is 2.09 bits per heavy atom. The van der Waals surface area contributed by atoms with Gasteiger partial charge in [-0.25, -0.2) is 9.97 Å². The van der Waals surface area contributed by atoms with Crippen LogP contribution in [0, 0.1) is 0 Å². The van der Waals surface area contributed by atoms with Gasteiger partial charge in [-0.1, -0.05) is 28.1 Å². The van der Waals surface area contributed by atoms with Gasteiger partial charge < -0.3 is 14.7 Å². The normalized spacial score (nSPS) is 17.0. The predicted molar refractivity (Wildman–Crippen MR) is 142 cm³/mol. The molecule has 0 amide bonds. The monoisotopic (exact) mass is 552 g/mol. The van der Waals surface area contributed by atoms with E-state index in [4.69, 9.17) is 22.1 Å². The van der Waals surface area contributed by atoms with E-state index in [0.717, 1.165) is 44.6 Å². The summed E-state index contributed by atoms with van der Waals surface area (Å²) in [5, 5.41) is 18.5. The number of aromatic nitrogens is 4. The minimum absolute atomic E-state index is 0.0185. The predicted octanol–water partition coefficient (Wildman–Crippen LogP) is 4.69. The summed E-state index contributed by atoms with van der Waals surface area (Å²) >= 11 is 8.51. The SMILES string of the molecule is C[C@@H]1COCCN1c1cc(C(CO)Cc2ccc(Br)cc2)c2cc(N=S)nc(-c3ccn[nH]3)c2n1. The summed E-state index contributed by atoms with van der Waals surface area (Å²) in [5.41, 5.74) is 4.20. The highest BCUT2D eigenvalue weighted by Crippen LogP contribution is 2.37. The highest BCUT2D eigenvalue weighted by atomic mass is 79.9. The number of aliphatic hydroxyl groups excluding tert-OH is 1. The molecule has 180 valence electrons. The summed E-state index contributed by atoms with van der Waals surface area (Å²) in [6.07, 6.45) is 2.35. The summed E-state index contributed by atoms with van der Waals surface area (Å²) in [4.78, 5) is 12.0. The van der Waals surface area contributed by atoms with Crippen LogP contribution in [0.2, 0.25) is 0 Å². The molecular formula is C25H25BrN6O2S. The molecule has 2 N–H and O–H groups in total. The third-order valence-corrected chi connectivity index (χ3v) is 7.08. The summed E-state index contributed by atoms with van der Waals surface area (Å²) in [6.45, 7) is 4.12. The van der Waals surface area contributed by atoms with Crippen molar-refractivity contribution in [3.05, 3.63) is 64.3 Å². The van der Waals surface area contributed by atoms with E-state index in [-0.39, 0.29) is 18.6 Å². The Labute approximate surface area is 217 Å². The van der Waals surface area contributed by atoms with E-state index in [1.807, 2.05) is 24.3 Å². The largest absolute Gasteiger partial charge is 0.396 e. The minimum Gasteiger partial charge on any atom is -0.396 e. The topological polar surface area (TPSA) is 99.5 Å². The van der Waals surface area contributed by atoms with Gasteiger partial charge in [0.1, 0.15) is 17.0 Å². The lowest BCUT2D eigenvalue weighted by Crippen LogP contribution is -2.44. The first-order valence-corrected chi connectivity index (χ1v) is 12.6. The number of anilines is 1. The van der Waals surface area contributed by atoms with Crippen molar-refractivity contribution >= 4 is 50.9 Å². The Morgan fingerprint density at radius 1 is 1.26 bits per heavy atom. The molecule has 35 heavy (non-hydrogen) atoms. The van der Waals surface area contributed by atoms with Crippen LogP contribution in [0.5, 0.6) is 0 Å². The zero-order valence-corrected chi connectivity index (χ0v) is 21.6. The molecule has 2 atom stereocenters. The first-order valence-electron chi connectivity index (χ1n) is 11.5. The molecule has 10 heteroatoms. The van der Waals surface area contributed by atoms with Gasteiger partial charge in [0.2, 0.25) is 0 Å². The lowest BCUT2D eigenvalue weighted by molar-refractivity contribution is 0.0985. The highest BCUT2D eigenvalue weighted by molar-refractivity contribution is 9.10. The molecule has 0 bridgehead atoms. The Morgan fingerprint density at radius 3 is 2.77 bits per heavy atom. The van der Waals surface area contributed by atoms with Crippen LogP contribution in [0.25, 0.3) is 22.3 Å². The van der Waals surface area contributed by atoms with E-state index >= 15 is 0 Å². The second kappa shape index (κ2) is 10.4. The number of pyridine rings is 2. The second-order valence-electron chi connectivity index (χ2n) is 8.68. The van der Waals surface area contributed by atoms with Crippen molar-refractivity contribution in [1.82, 2.24) is 20.2 Å². The third-order valence-electron chi connectivity index (χ3n) is 6.37. The molecule has 4 aromatic rings. The van der Waals surface area contributed by atoms with Gasteiger partial charge in [0.25, 0.3) is 0 Å². The molecule has 1 fully saturated rings. The van der Waals surface area contributed by atoms with Gasteiger partial charge in [0, 0.05) is 40.9 Å². The number of morpholine rings is 1. The maximum absolute atomic E-state index is 10.5. The van der Waals surface area contributed by atoms with Crippen molar-refractivity contribution in [1.29, 1.82) is 0 Å². The Bertz CT molecular complexity index is 1330. The van der Waals surface area contributed by atoms with Crippen LogP contribution in [0.15, 0.2) is 57.5 Å². The molecule has 1 aliphatic heterocycles. The maximum Gasteiger partial charge on any atom is 0.166 e. The molecule has 0 saturated carbocycles. The molecule has 0 radical (unpaired) electrons. The summed E-state index contributed by atoms with van der Waals surface area (Å²) in [7, 11) is 0. The maximum atomic E-state index is 10.5. The minimum atomic E-state index is -0.160. The van der Waals surface area contributed by atoms with Gasteiger partial charge in [0.15, 0.2) is 5.82 Å². The number of hydrogen-bond donors (Lipinski definition) is 2. The van der Waals surface area contributed by atoms with Crippen LogP contribution in [0.4, 0.5) is 11.6 Å². The zero-order valence-electron chi connectivity index (χ0n) is 19.2. The molecule has 0 aliphatic carbocycles. The Balaban J connectivity index is 1.72. The standard InChI is InChI=1S/C25H25BrN6O2S/c1-15-14-34-9-8-32(15)23-12-19(17(13-33)10-16-2-4-18(26)5-3-16)20-11-22(31-35)28-25(24(20)29-23)21-6-7-27-30-21/h2-7,11-12,15,17,33H,8-10,13-14H2,1H3,(H,27,30)/t15-,17?/m1/s1. The first-order chi connectivity index (χ1) is 17.1. The molecule has 0 spiro atoms. The van der Waals surface area contributed by atoms with Crippen molar-refractivity contribution in [3.8, 4) is 11.4 Å². The molecule has 4 heterocycles. The number of ether oxygens (including phenoxy) is 1. The lowest BCUT2D eigenvalue weighted by atomic mass is 9.89. The molecular weight excluding hydrogens is 528 g/mol. The fourth-order valence-electron chi connectivity index (χ4n) is 4.57. The highest BCUT2D eigenvalue weighted by Gasteiger charge is 2.25. The van der Waals surface area contributed by atoms with Gasteiger partial charge in [-0.2, -0.15) is 9.46 Å². The summed E-state index contributed by atoms with van der Waals surface area (Å²) in [6, 6.07) is 14.2. The van der Waals surface area contributed by atoms with E-state index in [1.165, 1.54) is 0 Å². The van der Waals surface area contributed by atoms with Crippen molar-refractivity contribution in [2.24, 2.45) is 4.36 Å². The molecule has 5 rings (SSSR count). The lowest BCUT2D eigenvalue weighted by Gasteiger charge is -2.35. The quantitative estimate of drug-likeness (QED) is 0.343. The number of H-pyrrole nitrogens is 1. The fourth-order valence-corrected chi connectivity index (χ4v) is 4.93. The van der Waals surface area contributed by atoms with Crippen LogP contribution in [0.3, 0.4) is 0 Å². The number of aromatic amines is 1. The number of nitrogens with one attached hydrogen (secondary N) is 1. The summed E-state index contributed by atoms with van der Waals surface area (Å²) in [5.74, 6) is 1.10. The average Bonchev–Trinajstić information content (AvgIpc) is 3.42. The Kier molecular flexibility index (Phi) is 7.14. The smallest absolute Gasteiger partial charge is 0.166 e. The van der Waals surface area contributed by atoms with Gasteiger partial charge in [-0.3, -0.25) is 5.10 Å². The number of hydrogen-bond acceptors (Lipinski definition) is 8. The average molecular weight is 553 g/mol. The van der Waals surface area contributed by atoms with Gasteiger partial charge >= 0.3 is 0 Å². The van der Waals surface area contributed by atoms with Gasteiger partial charge in [-0.05, 0) is 54.8 Å². The van der Waals surface area contributed by atoms with Crippen molar-refractivity contribution in [3.63, 3.8) is 0 Å². The Hall–Kier alpha value is -2.79. The number of halogens is 1. The van der Waals surface area contributed by atoms with Crippen LogP contribution in [0.1, 0.15) is 24.0 Å². The number of aliphatic hydroxyl groups is 1. The van der Waals surface area contributed by atoms with E-state index in [2.05, 4.69) is 65.5 Å². The number of fused-ring (bicyclic) bond motifs is 1. The van der Waals surface area contributed by atoms with E-state index < -0.39 is 0 Å². The van der Waals surface area contributed by atoms with Crippen LogP contribution in [-0.4, -0.2) is 57.7 Å². The van der Waals surface area contributed by atoms with Crippen molar-refractivity contribution < 1.29 is 9.84 Å².